The van der Waals surface area contributed by atoms with Crippen LogP contribution in [0.5, 0.6) is 0 Å². The van der Waals surface area contributed by atoms with Gasteiger partial charge in [0, 0.05) is 26.3 Å². The zero-order valence-corrected chi connectivity index (χ0v) is 10.6. The van der Waals surface area contributed by atoms with Gasteiger partial charge in [0.15, 0.2) is 10.9 Å². The van der Waals surface area contributed by atoms with Crippen molar-refractivity contribution in [2.24, 2.45) is 0 Å². The quantitative estimate of drug-likeness (QED) is 0.839. The molecule has 0 saturated carbocycles. The van der Waals surface area contributed by atoms with Crippen molar-refractivity contribution >= 4 is 26.7 Å². The van der Waals surface area contributed by atoms with Gasteiger partial charge in [-0.2, -0.15) is 0 Å². The number of aromatic nitrogens is 1. The first-order valence-electron chi connectivity index (χ1n) is 5.70. The first kappa shape index (κ1) is 11.8. The highest BCUT2D eigenvalue weighted by atomic mass is 32.1. The van der Waals surface area contributed by atoms with E-state index in [1.54, 1.807) is 7.11 Å². The SMILES string of the molecule is COC1CCN(c2nc3c(F)cc(F)cc3s2)C1. The number of methoxy groups -OCH3 is 1. The van der Waals surface area contributed by atoms with Gasteiger partial charge in [0.25, 0.3) is 0 Å². The molecule has 3 nitrogen and oxygen atoms in total. The van der Waals surface area contributed by atoms with Crippen molar-refractivity contribution < 1.29 is 13.5 Å². The third kappa shape index (κ3) is 1.95. The lowest BCUT2D eigenvalue weighted by molar-refractivity contribution is 0.121. The van der Waals surface area contributed by atoms with E-state index in [-0.39, 0.29) is 11.6 Å². The minimum atomic E-state index is -0.602. The fourth-order valence-corrected chi connectivity index (χ4v) is 3.21. The molecular weight excluding hydrogens is 258 g/mol. The molecule has 0 bridgehead atoms. The Kier molecular flexibility index (Phi) is 2.91. The number of hydrogen-bond donors (Lipinski definition) is 0. The molecule has 0 spiro atoms. The van der Waals surface area contributed by atoms with Crippen molar-refractivity contribution in [2.45, 2.75) is 12.5 Å². The van der Waals surface area contributed by atoms with Crippen LogP contribution >= 0.6 is 11.3 Å². The van der Waals surface area contributed by atoms with Crippen molar-refractivity contribution in [3.8, 4) is 0 Å². The zero-order chi connectivity index (χ0) is 12.7. The van der Waals surface area contributed by atoms with Gasteiger partial charge in [-0.1, -0.05) is 11.3 Å². The monoisotopic (exact) mass is 270 g/mol. The van der Waals surface area contributed by atoms with E-state index in [1.165, 1.54) is 17.4 Å². The molecule has 2 heterocycles. The van der Waals surface area contributed by atoms with Crippen LogP contribution in [0, 0.1) is 11.6 Å². The lowest BCUT2D eigenvalue weighted by Crippen LogP contribution is -2.21. The molecule has 0 N–H and O–H groups in total. The molecule has 6 heteroatoms. The summed E-state index contributed by atoms with van der Waals surface area (Å²) in [5.74, 6) is -1.17. The lowest BCUT2D eigenvalue weighted by atomic mass is 10.3. The Morgan fingerprint density at radius 3 is 3.00 bits per heavy atom. The maximum atomic E-state index is 13.6. The minimum absolute atomic E-state index is 0.193. The van der Waals surface area contributed by atoms with E-state index in [2.05, 4.69) is 9.88 Å². The Morgan fingerprint density at radius 2 is 2.28 bits per heavy atom. The summed E-state index contributed by atoms with van der Waals surface area (Å²) in [6, 6.07) is 2.19. The molecule has 1 atom stereocenters. The molecule has 0 aliphatic carbocycles. The van der Waals surface area contributed by atoms with Crippen molar-refractivity contribution in [1.29, 1.82) is 0 Å². The average Bonchev–Trinajstić information content (AvgIpc) is 2.93. The third-order valence-electron chi connectivity index (χ3n) is 3.15. The van der Waals surface area contributed by atoms with Crippen LogP contribution in [-0.2, 0) is 4.74 Å². The maximum Gasteiger partial charge on any atom is 0.186 e. The summed E-state index contributed by atoms with van der Waals surface area (Å²) in [5.41, 5.74) is 0.247. The zero-order valence-electron chi connectivity index (χ0n) is 9.82. The van der Waals surface area contributed by atoms with E-state index < -0.39 is 11.6 Å². The van der Waals surface area contributed by atoms with Crippen molar-refractivity contribution in [3.05, 3.63) is 23.8 Å². The van der Waals surface area contributed by atoms with Crippen LogP contribution in [0.25, 0.3) is 10.2 Å². The highest BCUT2D eigenvalue weighted by Gasteiger charge is 2.25. The maximum absolute atomic E-state index is 13.6. The van der Waals surface area contributed by atoms with Crippen molar-refractivity contribution in [2.75, 3.05) is 25.1 Å². The molecule has 0 radical (unpaired) electrons. The molecule has 96 valence electrons. The molecule has 18 heavy (non-hydrogen) atoms. The minimum Gasteiger partial charge on any atom is -0.380 e. The van der Waals surface area contributed by atoms with Gasteiger partial charge in [-0.05, 0) is 12.5 Å². The van der Waals surface area contributed by atoms with Gasteiger partial charge >= 0.3 is 0 Å². The molecule has 2 aromatic rings. The van der Waals surface area contributed by atoms with E-state index >= 15 is 0 Å². The van der Waals surface area contributed by atoms with Crippen molar-refractivity contribution in [1.82, 2.24) is 4.98 Å². The van der Waals surface area contributed by atoms with E-state index in [0.29, 0.717) is 4.70 Å². The number of halogens is 2. The summed E-state index contributed by atoms with van der Waals surface area (Å²) >= 11 is 1.31. The van der Waals surface area contributed by atoms with Crippen LogP contribution in [0.2, 0.25) is 0 Å². The molecule has 1 unspecified atom stereocenters. The highest BCUT2D eigenvalue weighted by molar-refractivity contribution is 7.22. The third-order valence-corrected chi connectivity index (χ3v) is 4.21. The van der Waals surface area contributed by atoms with Gasteiger partial charge in [0.2, 0.25) is 0 Å². The second-order valence-electron chi connectivity index (χ2n) is 4.32. The second-order valence-corrected chi connectivity index (χ2v) is 5.33. The predicted octanol–water partition coefficient (Wildman–Crippen LogP) is 2.80. The first-order chi connectivity index (χ1) is 8.67. The molecule has 1 saturated heterocycles. The number of nitrogens with zero attached hydrogens (tertiary/aromatic N) is 2. The van der Waals surface area contributed by atoms with Crippen molar-refractivity contribution in [3.63, 3.8) is 0 Å². The van der Waals surface area contributed by atoms with Gasteiger partial charge in [-0.25, -0.2) is 13.8 Å². The Bertz CT molecular complexity index is 587. The van der Waals surface area contributed by atoms with Crippen LogP contribution in [0.1, 0.15) is 6.42 Å². The fraction of sp³-hybridized carbons (Fsp3) is 0.417. The average molecular weight is 270 g/mol. The van der Waals surface area contributed by atoms with E-state index in [4.69, 9.17) is 4.74 Å². The Morgan fingerprint density at radius 1 is 1.44 bits per heavy atom. The summed E-state index contributed by atoms with van der Waals surface area (Å²) in [6.45, 7) is 1.59. The van der Waals surface area contributed by atoms with E-state index in [9.17, 15) is 8.78 Å². The summed E-state index contributed by atoms with van der Waals surface area (Å²) in [4.78, 5) is 6.30. The predicted molar refractivity (Wildman–Crippen MR) is 67.2 cm³/mol. The largest absolute Gasteiger partial charge is 0.380 e. The highest BCUT2D eigenvalue weighted by Crippen LogP contribution is 2.32. The normalized spacial score (nSPS) is 19.9. The van der Waals surface area contributed by atoms with Crippen LogP contribution in [-0.4, -0.2) is 31.3 Å². The summed E-state index contributed by atoms with van der Waals surface area (Å²) in [6.07, 6.45) is 1.13. The second kappa shape index (κ2) is 4.44. The number of benzene rings is 1. The molecule has 0 amide bonds. The molecule has 1 aliphatic rings. The smallest absolute Gasteiger partial charge is 0.186 e. The van der Waals surface area contributed by atoms with Gasteiger partial charge in [-0.3, -0.25) is 0 Å². The van der Waals surface area contributed by atoms with Crippen LogP contribution in [0.15, 0.2) is 12.1 Å². The number of fused-ring (bicyclic) bond motifs is 1. The summed E-state index contributed by atoms with van der Waals surface area (Å²) in [7, 11) is 1.68. The number of anilines is 1. The van der Waals surface area contributed by atoms with Gasteiger partial charge in [0.1, 0.15) is 11.3 Å². The number of hydrogen-bond acceptors (Lipinski definition) is 4. The molecule has 1 aromatic carbocycles. The topological polar surface area (TPSA) is 25.4 Å². The fourth-order valence-electron chi connectivity index (χ4n) is 2.18. The van der Waals surface area contributed by atoms with Crippen LogP contribution < -0.4 is 4.90 Å². The molecule has 1 aliphatic heterocycles. The molecule has 1 aromatic heterocycles. The molecular formula is C12H12F2N2OS. The lowest BCUT2D eigenvalue weighted by Gasteiger charge is -2.13. The number of rotatable bonds is 2. The molecule has 1 fully saturated rings. The summed E-state index contributed by atoms with van der Waals surface area (Å²) < 4.78 is 32.5. The number of thiazole rings is 1. The Balaban J connectivity index is 1.96. The molecule has 3 rings (SSSR count). The number of ether oxygens (including phenoxy) is 1. The van der Waals surface area contributed by atoms with E-state index in [1.807, 2.05) is 0 Å². The van der Waals surface area contributed by atoms with Crippen LogP contribution in [0.3, 0.4) is 0 Å². The Hall–Kier alpha value is -1.27. The van der Waals surface area contributed by atoms with Gasteiger partial charge < -0.3 is 9.64 Å². The Labute approximate surface area is 107 Å². The standard InChI is InChI=1S/C12H12F2N2OS/c1-17-8-2-3-16(6-8)12-15-11-9(14)4-7(13)5-10(11)18-12/h4-5,8H,2-3,6H2,1H3. The summed E-state index contributed by atoms with van der Waals surface area (Å²) in [5, 5.41) is 0.731. The first-order valence-corrected chi connectivity index (χ1v) is 6.52. The van der Waals surface area contributed by atoms with Crippen LogP contribution in [0.4, 0.5) is 13.9 Å². The van der Waals surface area contributed by atoms with Gasteiger partial charge in [-0.15, -0.1) is 0 Å². The van der Waals surface area contributed by atoms with Gasteiger partial charge in [0.05, 0.1) is 10.8 Å². The van der Waals surface area contributed by atoms with E-state index in [0.717, 1.165) is 30.7 Å².